The van der Waals surface area contributed by atoms with Crippen LogP contribution in [-0.4, -0.2) is 19.7 Å². The lowest BCUT2D eigenvalue weighted by molar-refractivity contribution is 0.765. The van der Waals surface area contributed by atoms with Crippen molar-refractivity contribution >= 4 is 47.2 Å². The summed E-state index contributed by atoms with van der Waals surface area (Å²) in [4.78, 5) is 4.19. The second kappa shape index (κ2) is 6.56. The molecule has 0 spiro atoms. The van der Waals surface area contributed by atoms with Crippen LogP contribution in [0.1, 0.15) is 5.82 Å². The number of hydrogen-bond donors (Lipinski definition) is 1. The van der Waals surface area contributed by atoms with Gasteiger partial charge in [0.15, 0.2) is 4.77 Å². The third-order valence-electron chi connectivity index (χ3n) is 2.28. The summed E-state index contributed by atoms with van der Waals surface area (Å²) in [6.45, 7) is 4.32. The van der Waals surface area contributed by atoms with E-state index in [0.717, 1.165) is 10.9 Å². The zero-order chi connectivity index (χ0) is 13.8. The Morgan fingerprint density at radius 2 is 2.26 bits per heavy atom. The molecule has 0 aliphatic rings. The Balaban J connectivity index is 2.12. The Hall–Kier alpha value is -0.820. The zero-order valence-corrected chi connectivity index (χ0v) is 12.9. The number of H-pyrrole nitrogens is 1. The van der Waals surface area contributed by atoms with E-state index >= 15 is 0 Å². The molecule has 2 aromatic rings. The van der Waals surface area contributed by atoms with Crippen LogP contribution in [-0.2, 0) is 12.3 Å². The van der Waals surface area contributed by atoms with E-state index in [0.29, 0.717) is 27.1 Å². The van der Waals surface area contributed by atoms with Gasteiger partial charge in [-0.15, -0.1) is 6.58 Å². The van der Waals surface area contributed by atoms with Crippen LogP contribution in [0.3, 0.4) is 0 Å². The molecule has 0 amide bonds. The number of thioether (sulfide) groups is 1. The zero-order valence-electron chi connectivity index (χ0n) is 9.77. The van der Waals surface area contributed by atoms with Crippen molar-refractivity contribution in [3.05, 3.63) is 45.6 Å². The van der Waals surface area contributed by atoms with Gasteiger partial charge in [0.2, 0.25) is 0 Å². The summed E-state index contributed by atoms with van der Waals surface area (Å²) in [5, 5.41) is 8.67. The molecule has 0 saturated heterocycles. The van der Waals surface area contributed by atoms with Gasteiger partial charge in [-0.1, -0.05) is 41.0 Å². The van der Waals surface area contributed by atoms with Crippen LogP contribution < -0.4 is 0 Å². The predicted octanol–water partition coefficient (Wildman–Crippen LogP) is 4.12. The maximum Gasteiger partial charge on any atom is 0.195 e. The number of pyridine rings is 1. The Kier molecular flexibility index (Phi) is 5.04. The fraction of sp³-hybridized carbons (Fsp3) is 0.182. The largest absolute Gasteiger partial charge is 0.300 e. The number of allylic oxidation sites excluding steroid dienone is 1. The Labute approximate surface area is 129 Å². The molecule has 0 aromatic carbocycles. The third-order valence-corrected chi connectivity index (χ3v) is 4.23. The highest BCUT2D eigenvalue weighted by Gasteiger charge is 2.07. The number of halogens is 2. The van der Waals surface area contributed by atoms with Gasteiger partial charge in [-0.05, 0) is 18.3 Å². The molecule has 0 atom stereocenters. The minimum absolute atomic E-state index is 0.445. The van der Waals surface area contributed by atoms with E-state index in [9.17, 15) is 0 Å². The highest BCUT2D eigenvalue weighted by molar-refractivity contribution is 7.98. The van der Waals surface area contributed by atoms with E-state index in [4.69, 9.17) is 35.4 Å². The van der Waals surface area contributed by atoms with E-state index in [1.165, 1.54) is 18.0 Å². The fourth-order valence-corrected chi connectivity index (χ4v) is 2.76. The minimum Gasteiger partial charge on any atom is -0.300 e. The molecule has 8 heteroatoms. The molecule has 0 aliphatic carbocycles. The maximum absolute atomic E-state index is 5.94. The second-order valence-electron chi connectivity index (χ2n) is 3.57. The monoisotopic (exact) mass is 332 g/mol. The number of nitrogens with zero attached hydrogens (tertiary/aromatic N) is 3. The first-order valence-corrected chi connectivity index (χ1v) is 7.45. The first-order chi connectivity index (χ1) is 9.11. The van der Waals surface area contributed by atoms with Gasteiger partial charge in [0.1, 0.15) is 5.82 Å². The van der Waals surface area contributed by atoms with Gasteiger partial charge in [-0.2, -0.15) is 5.10 Å². The number of nitrogens with one attached hydrogen (secondary N) is 1. The third kappa shape index (κ3) is 3.60. The van der Waals surface area contributed by atoms with Crippen molar-refractivity contribution in [1.29, 1.82) is 0 Å². The van der Waals surface area contributed by atoms with Crippen LogP contribution in [0.25, 0.3) is 0 Å². The normalized spacial score (nSPS) is 10.6. The van der Waals surface area contributed by atoms with Crippen molar-refractivity contribution in [2.75, 3.05) is 0 Å². The molecule has 0 aliphatic heterocycles. The van der Waals surface area contributed by atoms with Gasteiger partial charge >= 0.3 is 0 Å². The molecule has 100 valence electrons. The number of aromatic nitrogens is 4. The lowest BCUT2D eigenvalue weighted by Gasteiger charge is -2.04. The van der Waals surface area contributed by atoms with Crippen LogP contribution in [0.5, 0.6) is 0 Å². The summed E-state index contributed by atoms with van der Waals surface area (Å²) < 4.78 is 2.46. The molecule has 0 bridgehead atoms. The summed E-state index contributed by atoms with van der Waals surface area (Å²) in [6, 6.07) is 1.73. The van der Waals surface area contributed by atoms with Crippen molar-refractivity contribution in [2.24, 2.45) is 0 Å². The summed E-state index contributed by atoms with van der Waals surface area (Å²) in [5.74, 6) is 1.47. The van der Waals surface area contributed by atoms with Crippen molar-refractivity contribution in [2.45, 2.75) is 17.3 Å². The predicted molar refractivity (Wildman–Crippen MR) is 81.4 cm³/mol. The number of hydrogen-bond acceptors (Lipinski definition) is 4. The quantitative estimate of drug-likeness (QED) is 0.508. The molecule has 0 unspecified atom stereocenters. The second-order valence-corrected chi connectivity index (χ2v) is 5.77. The van der Waals surface area contributed by atoms with Crippen LogP contribution in [0, 0.1) is 4.77 Å². The minimum atomic E-state index is 0.445. The molecule has 4 nitrogen and oxygen atoms in total. The number of aromatic amines is 1. The molecular weight excluding hydrogens is 323 g/mol. The molecule has 0 saturated carbocycles. The van der Waals surface area contributed by atoms with Gasteiger partial charge in [-0.25, -0.2) is 4.98 Å². The van der Waals surface area contributed by atoms with Crippen LogP contribution in [0.15, 0.2) is 29.9 Å². The molecule has 2 rings (SSSR count). The molecule has 0 radical (unpaired) electrons. The standard InChI is InChI=1S/C11H10Cl2N4S2/c1-2-3-17-9(15-16-11(17)18)6-19-10-4-7(12)8(13)5-14-10/h2,4-5H,1,3,6H2,(H,16,18). The van der Waals surface area contributed by atoms with Crippen molar-refractivity contribution in [3.8, 4) is 0 Å². The summed E-state index contributed by atoms with van der Waals surface area (Å²) in [5.41, 5.74) is 0. The molecule has 0 fully saturated rings. The molecular formula is C11H10Cl2N4S2. The molecule has 1 N–H and O–H groups in total. The smallest absolute Gasteiger partial charge is 0.195 e. The average molecular weight is 333 g/mol. The van der Waals surface area contributed by atoms with E-state index in [1.54, 1.807) is 12.1 Å². The van der Waals surface area contributed by atoms with Crippen LogP contribution in [0.4, 0.5) is 0 Å². The molecule has 2 aromatic heterocycles. The molecule has 19 heavy (non-hydrogen) atoms. The van der Waals surface area contributed by atoms with Crippen LogP contribution in [0.2, 0.25) is 10.0 Å². The Morgan fingerprint density at radius 3 is 2.95 bits per heavy atom. The van der Waals surface area contributed by atoms with Gasteiger partial charge in [0.05, 0.1) is 20.8 Å². The van der Waals surface area contributed by atoms with Gasteiger partial charge in [-0.3, -0.25) is 9.67 Å². The SMILES string of the molecule is C=CCn1c(CSc2cc(Cl)c(Cl)cn2)n[nH]c1=S. The highest BCUT2D eigenvalue weighted by atomic mass is 35.5. The Bertz CT molecular complexity index is 650. The van der Waals surface area contributed by atoms with Crippen molar-refractivity contribution in [1.82, 2.24) is 19.7 Å². The van der Waals surface area contributed by atoms with E-state index in [2.05, 4.69) is 21.8 Å². The summed E-state index contributed by atoms with van der Waals surface area (Å²) in [7, 11) is 0. The number of rotatable bonds is 5. The molecule has 2 heterocycles. The Morgan fingerprint density at radius 1 is 1.47 bits per heavy atom. The maximum atomic E-state index is 5.94. The lowest BCUT2D eigenvalue weighted by atomic mass is 10.5. The van der Waals surface area contributed by atoms with E-state index < -0.39 is 0 Å². The van der Waals surface area contributed by atoms with E-state index in [1.807, 2.05) is 4.57 Å². The van der Waals surface area contributed by atoms with Crippen molar-refractivity contribution in [3.63, 3.8) is 0 Å². The van der Waals surface area contributed by atoms with Gasteiger partial charge in [0, 0.05) is 12.7 Å². The van der Waals surface area contributed by atoms with Gasteiger partial charge < -0.3 is 0 Å². The van der Waals surface area contributed by atoms with Gasteiger partial charge in [0.25, 0.3) is 0 Å². The topological polar surface area (TPSA) is 46.5 Å². The average Bonchev–Trinajstić information content (AvgIpc) is 2.73. The summed E-state index contributed by atoms with van der Waals surface area (Å²) >= 11 is 18.4. The first kappa shape index (κ1) is 14.6. The lowest BCUT2D eigenvalue weighted by Crippen LogP contribution is -2.01. The van der Waals surface area contributed by atoms with E-state index in [-0.39, 0.29) is 0 Å². The summed E-state index contributed by atoms with van der Waals surface area (Å²) in [6.07, 6.45) is 3.31. The highest BCUT2D eigenvalue weighted by Crippen LogP contribution is 2.27. The fourth-order valence-electron chi connectivity index (χ4n) is 1.39. The van der Waals surface area contributed by atoms with Crippen molar-refractivity contribution < 1.29 is 0 Å². The van der Waals surface area contributed by atoms with Crippen LogP contribution >= 0.6 is 47.2 Å². The first-order valence-electron chi connectivity index (χ1n) is 5.30.